The summed E-state index contributed by atoms with van der Waals surface area (Å²) in [7, 11) is 0. The monoisotopic (exact) mass is 541 g/mol. The van der Waals surface area contributed by atoms with Crippen molar-refractivity contribution >= 4 is 87.6 Å². The third kappa shape index (κ3) is 2.65. The van der Waals surface area contributed by atoms with Crippen molar-refractivity contribution in [2.45, 2.75) is 0 Å². The Balaban J connectivity index is 1.48. The first kappa shape index (κ1) is 21.9. The van der Waals surface area contributed by atoms with Gasteiger partial charge in [0.05, 0.1) is 27.2 Å². The molecule has 0 saturated carbocycles. The van der Waals surface area contributed by atoms with E-state index in [1.54, 1.807) is 0 Å². The van der Waals surface area contributed by atoms with E-state index < -0.39 is 0 Å². The molecule has 0 radical (unpaired) electrons. The average molecular weight is 542 g/mol. The zero-order valence-corrected chi connectivity index (χ0v) is 22.0. The average Bonchev–Trinajstić information content (AvgIpc) is 3.70. The molecule has 6 aromatic carbocycles. The first-order valence-corrected chi connectivity index (χ1v) is 13.9. The molecule has 10 rings (SSSR count). The number of fused-ring (bicyclic) bond motifs is 14. The molecule has 42 heavy (non-hydrogen) atoms. The fourth-order valence-electron chi connectivity index (χ4n) is 6.82. The smallest absolute Gasteiger partial charge is 0.200 e. The highest BCUT2D eigenvalue weighted by atomic mass is 16.4. The van der Waals surface area contributed by atoms with Crippen LogP contribution in [0.5, 0.6) is 0 Å². The number of nitrogens with zero attached hydrogens (tertiary/aromatic N) is 1. The standard InChI is InChI=1S/C37H19NO4/c39-35-24-12-4-8-16-29(24)40-30-19-20(17-18-25(30)35)38-26-13-5-1-9-21(26)31-32-22-10-2-6-14-27(22)41-36(32)37-33(34(31)38)23-11-3-7-15-28(23)42-37/h1-19H. The molecule has 196 valence electrons. The predicted octanol–water partition coefficient (Wildman–Crippen LogP) is 9.84. The SMILES string of the molecule is O=c1c2ccccc2oc2cc(-n3c4ccccc4c4c5c6ccccc6oc5c5oc6ccccc6c5c43)ccc12. The van der Waals surface area contributed by atoms with Crippen LogP contribution in [0.4, 0.5) is 0 Å². The Morgan fingerprint density at radius 2 is 1.00 bits per heavy atom. The largest absolute Gasteiger partial charge is 0.456 e. The van der Waals surface area contributed by atoms with Crippen LogP contribution in [0.15, 0.2) is 133 Å². The van der Waals surface area contributed by atoms with Gasteiger partial charge in [-0.25, -0.2) is 0 Å². The highest BCUT2D eigenvalue weighted by molar-refractivity contribution is 6.38. The first-order chi connectivity index (χ1) is 20.8. The second-order valence-corrected chi connectivity index (χ2v) is 10.8. The minimum absolute atomic E-state index is 0.0320. The van der Waals surface area contributed by atoms with Crippen LogP contribution in [0.25, 0.3) is 93.3 Å². The summed E-state index contributed by atoms with van der Waals surface area (Å²) < 4.78 is 21.7. The highest BCUT2D eigenvalue weighted by Crippen LogP contribution is 2.48. The number of benzene rings is 6. The summed E-state index contributed by atoms with van der Waals surface area (Å²) in [4.78, 5) is 13.3. The molecule has 0 bridgehead atoms. The van der Waals surface area contributed by atoms with E-state index in [9.17, 15) is 4.79 Å². The van der Waals surface area contributed by atoms with E-state index in [2.05, 4.69) is 41.0 Å². The number of furan rings is 2. The van der Waals surface area contributed by atoms with Gasteiger partial charge in [0, 0.05) is 38.7 Å². The normalized spacial score (nSPS) is 12.4. The summed E-state index contributed by atoms with van der Waals surface area (Å²) >= 11 is 0. The Bertz CT molecular complexity index is 2820. The lowest BCUT2D eigenvalue weighted by Gasteiger charge is -2.10. The zero-order chi connectivity index (χ0) is 27.5. The lowest BCUT2D eigenvalue weighted by Crippen LogP contribution is -2.03. The maximum Gasteiger partial charge on any atom is 0.200 e. The second-order valence-electron chi connectivity index (χ2n) is 10.8. The van der Waals surface area contributed by atoms with Crippen LogP contribution in [-0.2, 0) is 0 Å². The fraction of sp³-hybridized carbons (Fsp3) is 0. The van der Waals surface area contributed by atoms with E-state index in [1.165, 1.54) is 0 Å². The Kier molecular flexibility index (Phi) is 4.01. The van der Waals surface area contributed by atoms with Crippen molar-refractivity contribution in [3.05, 3.63) is 125 Å². The van der Waals surface area contributed by atoms with Gasteiger partial charge in [0.15, 0.2) is 11.2 Å². The lowest BCUT2D eigenvalue weighted by atomic mass is 10.0. The topological polar surface area (TPSA) is 61.4 Å². The molecule has 0 aliphatic rings. The molecule has 4 heterocycles. The Morgan fingerprint density at radius 3 is 1.74 bits per heavy atom. The third-order valence-corrected chi connectivity index (χ3v) is 8.58. The molecule has 0 aliphatic heterocycles. The van der Waals surface area contributed by atoms with Crippen molar-refractivity contribution in [2.24, 2.45) is 0 Å². The van der Waals surface area contributed by atoms with Gasteiger partial charge in [0.25, 0.3) is 0 Å². The number of rotatable bonds is 1. The number of para-hydroxylation sites is 4. The van der Waals surface area contributed by atoms with Crippen molar-refractivity contribution in [1.29, 1.82) is 0 Å². The van der Waals surface area contributed by atoms with E-state index in [1.807, 2.05) is 78.9 Å². The van der Waals surface area contributed by atoms with Crippen LogP contribution < -0.4 is 5.43 Å². The molecule has 0 spiro atoms. The molecule has 0 atom stereocenters. The molecule has 5 nitrogen and oxygen atoms in total. The van der Waals surface area contributed by atoms with Crippen LogP contribution in [-0.4, -0.2) is 4.57 Å². The van der Waals surface area contributed by atoms with Gasteiger partial charge in [0.1, 0.15) is 22.3 Å². The minimum Gasteiger partial charge on any atom is -0.456 e. The van der Waals surface area contributed by atoms with Gasteiger partial charge in [-0.2, -0.15) is 0 Å². The summed E-state index contributed by atoms with van der Waals surface area (Å²) in [5.41, 5.74) is 7.13. The van der Waals surface area contributed by atoms with Crippen LogP contribution in [0.3, 0.4) is 0 Å². The molecule has 0 unspecified atom stereocenters. The van der Waals surface area contributed by atoms with Gasteiger partial charge in [0.2, 0.25) is 5.43 Å². The molecule has 0 fully saturated rings. The van der Waals surface area contributed by atoms with Crippen molar-refractivity contribution in [1.82, 2.24) is 4.57 Å². The van der Waals surface area contributed by atoms with Crippen molar-refractivity contribution in [3.63, 3.8) is 0 Å². The van der Waals surface area contributed by atoms with E-state index in [0.29, 0.717) is 21.9 Å². The summed E-state index contributed by atoms with van der Waals surface area (Å²) in [6.07, 6.45) is 0. The Morgan fingerprint density at radius 1 is 0.452 bits per heavy atom. The van der Waals surface area contributed by atoms with Gasteiger partial charge in [-0.15, -0.1) is 0 Å². The molecular formula is C37H19NO4. The molecular weight excluding hydrogens is 522 g/mol. The van der Waals surface area contributed by atoms with Gasteiger partial charge < -0.3 is 17.8 Å². The molecule has 0 N–H and O–H groups in total. The second kappa shape index (κ2) is 7.68. The van der Waals surface area contributed by atoms with Crippen LogP contribution in [0, 0.1) is 0 Å². The van der Waals surface area contributed by atoms with E-state index in [4.69, 9.17) is 13.3 Å². The maximum absolute atomic E-state index is 13.3. The molecule has 0 aliphatic carbocycles. The maximum atomic E-state index is 13.3. The van der Waals surface area contributed by atoms with Crippen LogP contribution in [0.2, 0.25) is 0 Å². The summed E-state index contributed by atoms with van der Waals surface area (Å²) in [6.45, 7) is 0. The van der Waals surface area contributed by atoms with Crippen molar-refractivity contribution in [3.8, 4) is 5.69 Å². The summed E-state index contributed by atoms with van der Waals surface area (Å²) in [5, 5.41) is 7.42. The van der Waals surface area contributed by atoms with Gasteiger partial charge in [-0.3, -0.25) is 4.79 Å². The van der Waals surface area contributed by atoms with E-state index in [0.717, 1.165) is 71.4 Å². The lowest BCUT2D eigenvalue weighted by molar-refractivity contribution is 0.633. The highest BCUT2D eigenvalue weighted by Gasteiger charge is 2.26. The van der Waals surface area contributed by atoms with Gasteiger partial charge in [-0.05, 0) is 42.5 Å². The van der Waals surface area contributed by atoms with Crippen LogP contribution >= 0.6 is 0 Å². The van der Waals surface area contributed by atoms with Crippen LogP contribution in [0.1, 0.15) is 0 Å². The fourth-order valence-corrected chi connectivity index (χ4v) is 6.82. The quantitative estimate of drug-likeness (QED) is 0.194. The van der Waals surface area contributed by atoms with E-state index in [-0.39, 0.29) is 5.43 Å². The predicted molar refractivity (Wildman–Crippen MR) is 169 cm³/mol. The zero-order valence-electron chi connectivity index (χ0n) is 22.0. The molecule has 5 heteroatoms. The number of hydrogen-bond acceptors (Lipinski definition) is 4. The molecule has 4 aromatic heterocycles. The first-order valence-electron chi connectivity index (χ1n) is 13.9. The third-order valence-electron chi connectivity index (χ3n) is 8.58. The van der Waals surface area contributed by atoms with Gasteiger partial charge >= 0.3 is 0 Å². The van der Waals surface area contributed by atoms with Crippen molar-refractivity contribution < 1.29 is 13.3 Å². The molecule has 10 aromatic rings. The molecule has 0 amide bonds. The Labute approximate surface area is 236 Å². The Hall–Kier alpha value is -5.81. The number of hydrogen-bond donors (Lipinski definition) is 0. The van der Waals surface area contributed by atoms with E-state index >= 15 is 0 Å². The minimum atomic E-state index is -0.0320. The van der Waals surface area contributed by atoms with Crippen molar-refractivity contribution in [2.75, 3.05) is 0 Å². The van der Waals surface area contributed by atoms with Gasteiger partial charge in [-0.1, -0.05) is 66.7 Å². The summed E-state index contributed by atoms with van der Waals surface area (Å²) in [5.74, 6) is 0. The number of aromatic nitrogens is 1. The summed E-state index contributed by atoms with van der Waals surface area (Å²) in [6, 6.07) is 37.9. The molecule has 0 saturated heterocycles.